The first-order valence-corrected chi connectivity index (χ1v) is 7.04. The highest BCUT2D eigenvalue weighted by Gasteiger charge is 2.33. The molecule has 0 heterocycles. The van der Waals surface area contributed by atoms with Crippen molar-refractivity contribution in [2.75, 3.05) is 6.54 Å². The lowest BCUT2D eigenvalue weighted by atomic mass is 9.96. The van der Waals surface area contributed by atoms with Crippen LogP contribution >= 0.6 is 0 Å². The van der Waals surface area contributed by atoms with Crippen LogP contribution in [0.3, 0.4) is 0 Å². The van der Waals surface area contributed by atoms with Crippen molar-refractivity contribution in [1.29, 1.82) is 0 Å². The molecule has 0 aliphatic heterocycles. The Kier molecular flexibility index (Phi) is 6.61. The topological polar surface area (TPSA) is 32.3 Å². The second-order valence-electron chi connectivity index (χ2n) is 5.07. The smallest absolute Gasteiger partial charge is 0.392 e. The summed E-state index contributed by atoms with van der Waals surface area (Å²) >= 11 is 0. The lowest BCUT2D eigenvalue weighted by Crippen LogP contribution is -2.32. The molecule has 0 fully saturated rings. The van der Waals surface area contributed by atoms with Crippen LogP contribution in [-0.2, 0) is 12.7 Å². The molecule has 2 nitrogen and oxygen atoms in total. The van der Waals surface area contributed by atoms with Crippen LogP contribution in [0.25, 0.3) is 0 Å². The summed E-state index contributed by atoms with van der Waals surface area (Å²) in [5.74, 6) is -0.795. The highest BCUT2D eigenvalue weighted by Crippen LogP contribution is 2.32. The van der Waals surface area contributed by atoms with Gasteiger partial charge in [-0.15, -0.1) is 0 Å². The van der Waals surface area contributed by atoms with E-state index in [-0.39, 0.29) is 24.6 Å². The Labute approximate surface area is 122 Å². The van der Waals surface area contributed by atoms with Gasteiger partial charge in [-0.25, -0.2) is 4.39 Å². The molecule has 0 spiro atoms. The van der Waals surface area contributed by atoms with Gasteiger partial charge in [-0.05, 0) is 23.6 Å². The number of hydrogen-bond acceptors (Lipinski definition) is 2. The Hall–Kier alpha value is -1.14. The molecule has 0 aliphatic rings. The standard InChI is InChI=1S/C15H21F4NO/c1-3-10(4-2)14(21)9-20-8-11-5-6-12(16)7-13(11)15(17,18)19/h5-7,10,14,20-21H,3-4,8-9H2,1-2H3. The fraction of sp³-hybridized carbons (Fsp3) is 0.600. The van der Waals surface area contributed by atoms with E-state index in [0.717, 1.165) is 25.0 Å². The number of nitrogens with one attached hydrogen (secondary N) is 1. The maximum atomic E-state index is 13.0. The molecule has 0 aromatic heterocycles. The summed E-state index contributed by atoms with van der Waals surface area (Å²) in [4.78, 5) is 0. The van der Waals surface area contributed by atoms with Crippen LogP contribution in [-0.4, -0.2) is 17.8 Å². The van der Waals surface area contributed by atoms with Gasteiger partial charge in [0.25, 0.3) is 0 Å². The van der Waals surface area contributed by atoms with Crippen LogP contribution in [0.2, 0.25) is 0 Å². The first-order valence-electron chi connectivity index (χ1n) is 7.04. The summed E-state index contributed by atoms with van der Waals surface area (Å²) in [7, 11) is 0. The highest BCUT2D eigenvalue weighted by molar-refractivity contribution is 5.30. The van der Waals surface area contributed by atoms with Crippen molar-refractivity contribution >= 4 is 0 Å². The van der Waals surface area contributed by atoms with Crippen molar-refractivity contribution in [2.24, 2.45) is 5.92 Å². The van der Waals surface area contributed by atoms with E-state index >= 15 is 0 Å². The van der Waals surface area contributed by atoms with Crippen molar-refractivity contribution < 1.29 is 22.7 Å². The first kappa shape index (κ1) is 17.9. The number of alkyl halides is 3. The van der Waals surface area contributed by atoms with E-state index in [1.807, 2.05) is 13.8 Å². The molecular weight excluding hydrogens is 286 g/mol. The average molecular weight is 307 g/mol. The molecule has 120 valence electrons. The SMILES string of the molecule is CCC(CC)C(O)CNCc1ccc(F)cc1C(F)(F)F. The normalized spacial score (nSPS) is 13.7. The fourth-order valence-corrected chi connectivity index (χ4v) is 2.32. The molecule has 1 rings (SSSR count). The van der Waals surface area contributed by atoms with Crippen LogP contribution in [0.5, 0.6) is 0 Å². The molecular formula is C15H21F4NO. The summed E-state index contributed by atoms with van der Waals surface area (Å²) in [5.41, 5.74) is -1.01. The second kappa shape index (κ2) is 7.75. The summed E-state index contributed by atoms with van der Waals surface area (Å²) in [6.07, 6.45) is -3.57. The number of benzene rings is 1. The highest BCUT2D eigenvalue weighted by atomic mass is 19.4. The van der Waals surface area contributed by atoms with Crippen LogP contribution in [0, 0.1) is 11.7 Å². The molecule has 1 unspecified atom stereocenters. The van der Waals surface area contributed by atoms with Gasteiger partial charge in [0.05, 0.1) is 11.7 Å². The Morgan fingerprint density at radius 3 is 2.33 bits per heavy atom. The molecule has 1 atom stereocenters. The second-order valence-corrected chi connectivity index (χ2v) is 5.07. The third-order valence-electron chi connectivity index (χ3n) is 3.64. The number of aliphatic hydroxyl groups is 1. The Bertz CT molecular complexity index is 444. The molecule has 21 heavy (non-hydrogen) atoms. The van der Waals surface area contributed by atoms with Crippen molar-refractivity contribution in [3.05, 3.63) is 35.1 Å². The minimum absolute atomic E-state index is 0.0272. The zero-order valence-corrected chi connectivity index (χ0v) is 12.2. The van der Waals surface area contributed by atoms with Gasteiger partial charge in [-0.1, -0.05) is 32.8 Å². The van der Waals surface area contributed by atoms with Gasteiger partial charge in [0.1, 0.15) is 5.82 Å². The lowest BCUT2D eigenvalue weighted by molar-refractivity contribution is -0.138. The summed E-state index contributed by atoms with van der Waals surface area (Å²) in [6, 6.07) is 2.62. The monoisotopic (exact) mass is 307 g/mol. The molecule has 0 bridgehead atoms. The zero-order chi connectivity index (χ0) is 16.0. The minimum atomic E-state index is -4.59. The van der Waals surface area contributed by atoms with Crippen molar-refractivity contribution in [1.82, 2.24) is 5.32 Å². The van der Waals surface area contributed by atoms with E-state index in [9.17, 15) is 22.7 Å². The number of rotatable bonds is 7. The van der Waals surface area contributed by atoms with Gasteiger partial charge >= 0.3 is 6.18 Å². The van der Waals surface area contributed by atoms with E-state index in [1.165, 1.54) is 0 Å². The van der Waals surface area contributed by atoms with Crippen molar-refractivity contribution in [3.8, 4) is 0 Å². The molecule has 0 amide bonds. The molecule has 0 saturated carbocycles. The van der Waals surface area contributed by atoms with Crippen LogP contribution < -0.4 is 5.32 Å². The molecule has 0 aliphatic carbocycles. The third-order valence-corrected chi connectivity index (χ3v) is 3.64. The number of aliphatic hydroxyl groups excluding tert-OH is 1. The summed E-state index contributed by atoms with van der Waals surface area (Å²) in [5, 5.41) is 12.7. The van der Waals surface area contributed by atoms with Crippen LogP contribution in [0.1, 0.15) is 37.8 Å². The summed E-state index contributed by atoms with van der Waals surface area (Å²) < 4.78 is 51.4. The van der Waals surface area contributed by atoms with Gasteiger partial charge in [-0.3, -0.25) is 0 Å². The third kappa shape index (κ3) is 5.28. The molecule has 6 heteroatoms. The van der Waals surface area contributed by atoms with Gasteiger partial charge < -0.3 is 10.4 Å². The molecule has 1 aromatic rings. The Morgan fingerprint density at radius 2 is 1.81 bits per heavy atom. The number of halogens is 4. The predicted molar refractivity (Wildman–Crippen MR) is 73.2 cm³/mol. The van der Waals surface area contributed by atoms with Gasteiger partial charge in [0, 0.05) is 13.1 Å². The predicted octanol–water partition coefficient (Wildman–Crippen LogP) is 3.73. The molecule has 0 radical (unpaired) electrons. The van der Waals surface area contributed by atoms with Crippen molar-refractivity contribution in [2.45, 2.75) is 45.5 Å². The molecule has 0 saturated heterocycles. The quantitative estimate of drug-likeness (QED) is 0.752. The van der Waals surface area contributed by atoms with Gasteiger partial charge in [0.15, 0.2) is 0 Å². The van der Waals surface area contributed by atoms with Gasteiger partial charge in [0.2, 0.25) is 0 Å². The lowest BCUT2D eigenvalue weighted by Gasteiger charge is -2.21. The molecule has 2 N–H and O–H groups in total. The zero-order valence-electron chi connectivity index (χ0n) is 12.2. The maximum Gasteiger partial charge on any atom is 0.416 e. The van der Waals surface area contributed by atoms with E-state index < -0.39 is 23.7 Å². The number of hydrogen-bond donors (Lipinski definition) is 2. The van der Waals surface area contributed by atoms with Crippen molar-refractivity contribution in [3.63, 3.8) is 0 Å². The molecule has 1 aromatic carbocycles. The maximum absolute atomic E-state index is 13.0. The largest absolute Gasteiger partial charge is 0.416 e. The van der Waals surface area contributed by atoms with Gasteiger partial charge in [-0.2, -0.15) is 13.2 Å². The van der Waals surface area contributed by atoms with E-state index in [0.29, 0.717) is 6.07 Å². The van der Waals surface area contributed by atoms with E-state index in [4.69, 9.17) is 0 Å². The first-order chi connectivity index (χ1) is 9.79. The Balaban J connectivity index is 2.68. The Morgan fingerprint density at radius 1 is 1.19 bits per heavy atom. The van der Waals surface area contributed by atoms with E-state index in [2.05, 4.69) is 5.32 Å². The summed E-state index contributed by atoms with van der Waals surface area (Å²) in [6.45, 7) is 4.06. The van der Waals surface area contributed by atoms with E-state index in [1.54, 1.807) is 0 Å². The fourth-order valence-electron chi connectivity index (χ4n) is 2.32. The van der Waals surface area contributed by atoms with Crippen LogP contribution in [0.4, 0.5) is 17.6 Å². The minimum Gasteiger partial charge on any atom is -0.392 e. The van der Waals surface area contributed by atoms with Crippen LogP contribution in [0.15, 0.2) is 18.2 Å². The average Bonchev–Trinajstić information content (AvgIpc) is 2.40.